The van der Waals surface area contributed by atoms with Gasteiger partial charge in [0.15, 0.2) is 0 Å². The number of carbonyl (C=O) groups is 1. The number of H-pyrrole nitrogens is 1. The van der Waals surface area contributed by atoms with E-state index in [1.165, 1.54) is 12.8 Å². The number of nitrogens with zero attached hydrogens (tertiary/aromatic N) is 4. The third-order valence-corrected chi connectivity index (χ3v) is 6.35. The molecule has 0 atom stereocenters. The van der Waals surface area contributed by atoms with E-state index in [4.69, 9.17) is 0 Å². The van der Waals surface area contributed by atoms with Gasteiger partial charge in [-0.3, -0.25) is 9.36 Å². The van der Waals surface area contributed by atoms with Gasteiger partial charge in [0, 0.05) is 43.1 Å². The molecule has 1 saturated heterocycles. The first-order valence-corrected chi connectivity index (χ1v) is 10.2. The number of benzene rings is 1. The van der Waals surface area contributed by atoms with Crippen LogP contribution < -0.4 is 5.69 Å². The number of hydrogen-bond acceptors (Lipinski definition) is 3. The summed E-state index contributed by atoms with van der Waals surface area (Å²) in [4.78, 5) is 34.4. The predicted molar refractivity (Wildman–Crippen MR) is 106 cm³/mol. The molecule has 3 heterocycles. The quantitative estimate of drug-likeness (QED) is 0.760. The minimum Gasteiger partial charge on any atom is -0.338 e. The molecule has 7 nitrogen and oxygen atoms in total. The molecule has 7 heteroatoms. The fourth-order valence-corrected chi connectivity index (χ4v) is 4.82. The first-order valence-electron chi connectivity index (χ1n) is 10.2. The molecule has 0 radical (unpaired) electrons. The molecule has 1 N–H and O–H groups in total. The lowest BCUT2D eigenvalue weighted by Crippen LogP contribution is -2.38. The van der Waals surface area contributed by atoms with Gasteiger partial charge < -0.3 is 14.5 Å². The van der Waals surface area contributed by atoms with E-state index in [-0.39, 0.29) is 17.6 Å². The average Bonchev–Trinajstić information content (AvgIpc) is 3.47. The van der Waals surface area contributed by atoms with Crippen LogP contribution >= 0.6 is 0 Å². The van der Waals surface area contributed by atoms with E-state index in [0.717, 1.165) is 49.8 Å². The molecule has 0 unspecified atom stereocenters. The maximum Gasteiger partial charge on any atom is 0.326 e. The first-order chi connectivity index (χ1) is 13.7. The summed E-state index contributed by atoms with van der Waals surface area (Å²) in [6, 6.07) is 6.32. The number of nitrogens with one attached hydrogen (secondary N) is 1. The molecular weight excluding hydrogens is 354 g/mol. The van der Waals surface area contributed by atoms with E-state index < -0.39 is 0 Å². The second kappa shape index (κ2) is 6.96. The number of rotatable bonds is 3. The van der Waals surface area contributed by atoms with E-state index in [1.54, 1.807) is 6.20 Å². The van der Waals surface area contributed by atoms with Crippen LogP contribution in [-0.2, 0) is 0 Å². The van der Waals surface area contributed by atoms with E-state index in [1.807, 2.05) is 40.2 Å². The Hall–Kier alpha value is -2.83. The summed E-state index contributed by atoms with van der Waals surface area (Å²) in [6.45, 7) is 1.47. The molecule has 28 heavy (non-hydrogen) atoms. The number of piperidine rings is 1. The zero-order valence-corrected chi connectivity index (χ0v) is 15.9. The summed E-state index contributed by atoms with van der Waals surface area (Å²) < 4.78 is 4.01. The van der Waals surface area contributed by atoms with Crippen molar-refractivity contribution in [2.75, 3.05) is 13.1 Å². The largest absolute Gasteiger partial charge is 0.338 e. The number of aromatic amines is 1. The maximum atomic E-state index is 13.0. The van der Waals surface area contributed by atoms with Crippen molar-refractivity contribution in [1.82, 2.24) is 24.0 Å². The van der Waals surface area contributed by atoms with Gasteiger partial charge in [-0.1, -0.05) is 12.8 Å². The molecule has 2 aromatic heterocycles. The lowest BCUT2D eigenvalue weighted by molar-refractivity contribution is 0.0694. The van der Waals surface area contributed by atoms with Crippen molar-refractivity contribution in [2.45, 2.75) is 50.6 Å². The highest BCUT2D eigenvalue weighted by Gasteiger charge is 2.26. The van der Waals surface area contributed by atoms with Gasteiger partial charge in [-0.2, -0.15) is 0 Å². The molecule has 2 aliphatic rings. The minimum absolute atomic E-state index is 0.0421. The van der Waals surface area contributed by atoms with Crippen LogP contribution in [0.2, 0.25) is 0 Å². The number of fused-ring (bicyclic) bond motifs is 1. The first kappa shape index (κ1) is 17.3. The summed E-state index contributed by atoms with van der Waals surface area (Å²) in [5.41, 5.74) is 2.25. The molecule has 1 aromatic carbocycles. The van der Waals surface area contributed by atoms with E-state index in [0.29, 0.717) is 11.6 Å². The topological polar surface area (TPSA) is 75.9 Å². The van der Waals surface area contributed by atoms with Gasteiger partial charge in [-0.05, 0) is 43.9 Å². The Morgan fingerprint density at radius 1 is 1.07 bits per heavy atom. The summed E-state index contributed by atoms with van der Waals surface area (Å²) >= 11 is 0. The van der Waals surface area contributed by atoms with Crippen LogP contribution in [0.1, 0.15) is 61.0 Å². The van der Waals surface area contributed by atoms with Crippen LogP contribution in [0.4, 0.5) is 0 Å². The maximum absolute atomic E-state index is 13.0. The van der Waals surface area contributed by atoms with Gasteiger partial charge in [0.1, 0.15) is 0 Å². The Morgan fingerprint density at radius 2 is 1.86 bits per heavy atom. The van der Waals surface area contributed by atoms with Crippen LogP contribution in [0.15, 0.2) is 41.7 Å². The molecule has 5 rings (SSSR count). The smallest absolute Gasteiger partial charge is 0.326 e. The molecular formula is C21H25N5O2. The number of carbonyl (C=O) groups excluding carboxylic acids is 1. The molecule has 3 aromatic rings. The van der Waals surface area contributed by atoms with E-state index in [2.05, 4.69) is 14.5 Å². The number of hydrogen-bond donors (Lipinski definition) is 1. The molecule has 1 aliphatic carbocycles. The van der Waals surface area contributed by atoms with E-state index in [9.17, 15) is 9.59 Å². The van der Waals surface area contributed by atoms with Gasteiger partial charge in [-0.25, -0.2) is 9.78 Å². The molecule has 0 bridgehead atoms. The van der Waals surface area contributed by atoms with Crippen molar-refractivity contribution in [3.63, 3.8) is 0 Å². The predicted octanol–water partition coefficient (Wildman–Crippen LogP) is 3.12. The van der Waals surface area contributed by atoms with E-state index >= 15 is 0 Å². The summed E-state index contributed by atoms with van der Waals surface area (Å²) in [6.07, 6.45) is 12.0. The van der Waals surface area contributed by atoms with Crippen LogP contribution in [0.25, 0.3) is 11.0 Å². The zero-order chi connectivity index (χ0) is 19.1. The highest BCUT2D eigenvalue weighted by atomic mass is 16.2. The Kier molecular flexibility index (Phi) is 4.30. The average molecular weight is 379 g/mol. The van der Waals surface area contributed by atoms with Crippen molar-refractivity contribution in [3.8, 4) is 0 Å². The third kappa shape index (κ3) is 2.95. The Bertz CT molecular complexity index is 1030. The SMILES string of the molecule is O=C(c1ccc2c(c1)[nH]c(=O)n2C1CCCC1)N1CCC(n2ccnc2)CC1. The molecule has 146 valence electrons. The Balaban J connectivity index is 1.35. The number of likely N-dealkylation sites (tertiary alicyclic amines) is 1. The van der Waals surface area contributed by atoms with Gasteiger partial charge in [-0.15, -0.1) is 0 Å². The van der Waals surface area contributed by atoms with Crippen molar-refractivity contribution < 1.29 is 4.79 Å². The lowest BCUT2D eigenvalue weighted by atomic mass is 10.0. The van der Waals surface area contributed by atoms with Crippen molar-refractivity contribution >= 4 is 16.9 Å². The van der Waals surface area contributed by atoms with Crippen LogP contribution in [0.3, 0.4) is 0 Å². The van der Waals surface area contributed by atoms with Gasteiger partial charge in [0.05, 0.1) is 17.4 Å². The summed E-state index contributed by atoms with van der Waals surface area (Å²) in [5, 5.41) is 0. The standard InChI is InChI=1S/C21H25N5O2/c27-20(24-10-7-16(8-11-24)25-12-9-22-14-25)15-5-6-19-18(13-15)23-21(28)26(19)17-3-1-2-4-17/h5-6,9,12-14,16-17H,1-4,7-8,10-11H2,(H,23,28). The Morgan fingerprint density at radius 3 is 2.57 bits per heavy atom. The number of imidazole rings is 2. The fraction of sp³-hybridized carbons (Fsp3) is 0.476. The van der Waals surface area contributed by atoms with Gasteiger partial charge in [0.2, 0.25) is 0 Å². The Labute approximate surface area is 163 Å². The lowest BCUT2D eigenvalue weighted by Gasteiger charge is -2.32. The van der Waals surface area contributed by atoms with Crippen molar-refractivity contribution in [1.29, 1.82) is 0 Å². The molecule has 1 aliphatic heterocycles. The monoisotopic (exact) mass is 379 g/mol. The summed E-state index contributed by atoms with van der Waals surface area (Å²) in [5.74, 6) is 0.0421. The molecule has 1 amide bonds. The molecule has 1 saturated carbocycles. The van der Waals surface area contributed by atoms with Gasteiger partial charge in [0.25, 0.3) is 5.91 Å². The van der Waals surface area contributed by atoms with Crippen molar-refractivity contribution in [2.24, 2.45) is 0 Å². The van der Waals surface area contributed by atoms with Gasteiger partial charge >= 0.3 is 5.69 Å². The second-order valence-electron chi connectivity index (χ2n) is 8.00. The molecule has 2 fully saturated rings. The number of aromatic nitrogens is 4. The molecule has 0 spiro atoms. The summed E-state index contributed by atoms with van der Waals surface area (Å²) in [7, 11) is 0. The van der Waals surface area contributed by atoms with Crippen LogP contribution in [0, 0.1) is 0 Å². The second-order valence-corrected chi connectivity index (χ2v) is 8.00. The zero-order valence-electron chi connectivity index (χ0n) is 15.9. The highest BCUT2D eigenvalue weighted by Crippen LogP contribution is 2.31. The van der Waals surface area contributed by atoms with Crippen molar-refractivity contribution in [3.05, 3.63) is 53.0 Å². The minimum atomic E-state index is -0.0624. The van der Waals surface area contributed by atoms with Crippen LogP contribution in [0.5, 0.6) is 0 Å². The third-order valence-electron chi connectivity index (χ3n) is 6.35. The normalized spacial score (nSPS) is 18.9. The fourth-order valence-electron chi connectivity index (χ4n) is 4.82. The highest BCUT2D eigenvalue weighted by molar-refractivity contribution is 5.97. The number of amides is 1. The van der Waals surface area contributed by atoms with Crippen LogP contribution in [-0.4, -0.2) is 43.0 Å².